The first-order chi connectivity index (χ1) is 13.1. The predicted molar refractivity (Wildman–Crippen MR) is 99.3 cm³/mol. The number of ether oxygens (including phenoxy) is 1. The highest BCUT2D eigenvalue weighted by molar-refractivity contribution is 5.91. The number of hydrogen-bond acceptors (Lipinski definition) is 6. The molecule has 3 heterocycles. The molecule has 2 aliphatic rings. The topological polar surface area (TPSA) is 87.9 Å². The summed E-state index contributed by atoms with van der Waals surface area (Å²) in [6, 6.07) is 2.12. The molecule has 2 aliphatic heterocycles. The second kappa shape index (κ2) is 9.32. The van der Waals surface area contributed by atoms with E-state index in [1.165, 1.54) is 0 Å². The van der Waals surface area contributed by atoms with Crippen LogP contribution in [0.3, 0.4) is 0 Å². The molecule has 8 nitrogen and oxygen atoms in total. The highest BCUT2D eigenvalue weighted by Gasteiger charge is 2.33. The van der Waals surface area contributed by atoms with Gasteiger partial charge in [-0.1, -0.05) is 5.16 Å². The monoisotopic (exact) mass is 378 g/mol. The average Bonchev–Trinajstić information content (AvgIpc) is 3.14. The lowest BCUT2D eigenvalue weighted by Gasteiger charge is -2.41. The second-order valence-corrected chi connectivity index (χ2v) is 7.47. The molecule has 3 rings (SSSR count). The number of amides is 2. The fraction of sp³-hybridized carbons (Fsp3) is 0.737. The summed E-state index contributed by atoms with van der Waals surface area (Å²) in [4.78, 5) is 29.1. The van der Waals surface area contributed by atoms with E-state index < -0.39 is 0 Å². The van der Waals surface area contributed by atoms with E-state index in [1.54, 1.807) is 13.2 Å². The molecule has 2 saturated heterocycles. The van der Waals surface area contributed by atoms with Gasteiger partial charge in [0.1, 0.15) is 0 Å². The molecule has 2 fully saturated rings. The van der Waals surface area contributed by atoms with Crippen LogP contribution in [0.25, 0.3) is 0 Å². The summed E-state index contributed by atoms with van der Waals surface area (Å²) in [5.41, 5.74) is 0.719. The van der Waals surface area contributed by atoms with Crippen LogP contribution in [-0.2, 0) is 9.53 Å². The molecular weight excluding hydrogens is 348 g/mol. The number of likely N-dealkylation sites (tertiary alicyclic amines) is 2. The van der Waals surface area contributed by atoms with Crippen molar-refractivity contribution in [2.24, 2.45) is 5.92 Å². The molecule has 0 aliphatic carbocycles. The minimum atomic E-state index is -0.0805. The molecule has 0 aromatic carbocycles. The number of rotatable bonds is 6. The summed E-state index contributed by atoms with van der Waals surface area (Å²) < 4.78 is 10.1. The Morgan fingerprint density at radius 3 is 2.74 bits per heavy atom. The minimum absolute atomic E-state index is 0.0486. The predicted octanol–water partition coefficient (Wildman–Crippen LogP) is 1.06. The van der Waals surface area contributed by atoms with Crippen LogP contribution >= 0.6 is 0 Å². The summed E-state index contributed by atoms with van der Waals surface area (Å²) in [6.45, 7) is 6.17. The van der Waals surface area contributed by atoms with E-state index in [2.05, 4.69) is 15.4 Å². The number of aromatic nitrogens is 1. The van der Waals surface area contributed by atoms with Crippen molar-refractivity contribution < 1.29 is 18.8 Å². The normalized spacial score (nSPS) is 22.0. The van der Waals surface area contributed by atoms with E-state index in [0.717, 1.165) is 44.5 Å². The van der Waals surface area contributed by atoms with Crippen molar-refractivity contribution in [2.45, 2.75) is 38.6 Å². The van der Waals surface area contributed by atoms with Gasteiger partial charge in [-0.05, 0) is 39.2 Å². The highest BCUT2D eigenvalue weighted by Crippen LogP contribution is 2.24. The maximum absolute atomic E-state index is 12.5. The molecule has 0 spiro atoms. The Bertz CT molecular complexity index is 639. The zero-order valence-corrected chi connectivity index (χ0v) is 16.3. The quantitative estimate of drug-likeness (QED) is 0.745. The molecule has 2 amide bonds. The Morgan fingerprint density at radius 2 is 2.07 bits per heavy atom. The number of methoxy groups -OCH3 is 1. The zero-order chi connectivity index (χ0) is 19.2. The third-order valence-electron chi connectivity index (χ3n) is 5.54. The molecule has 27 heavy (non-hydrogen) atoms. The summed E-state index contributed by atoms with van der Waals surface area (Å²) >= 11 is 0. The lowest BCUT2D eigenvalue weighted by Crippen LogP contribution is -2.51. The van der Waals surface area contributed by atoms with Crippen molar-refractivity contribution in [3.63, 3.8) is 0 Å². The Kier molecular flexibility index (Phi) is 6.84. The number of nitrogens with zero attached hydrogens (tertiary/aromatic N) is 3. The summed E-state index contributed by atoms with van der Waals surface area (Å²) in [5, 5.41) is 6.76. The van der Waals surface area contributed by atoms with E-state index >= 15 is 0 Å². The molecular formula is C19H30N4O4. The summed E-state index contributed by atoms with van der Waals surface area (Å²) in [6.07, 6.45) is 3.84. The second-order valence-electron chi connectivity index (χ2n) is 7.47. The van der Waals surface area contributed by atoms with Crippen LogP contribution in [0.15, 0.2) is 10.6 Å². The van der Waals surface area contributed by atoms with Crippen LogP contribution in [0.4, 0.5) is 0 Å². The largest absolute Gasteiger partial charge is 0.383 e. The first kappa shape index (κ1) is 19.8. The van der Waals surface area contributed by atoms with Crippen molar-refractivity contribution in [1.82, 2.24) is 20.3 Å². The van der Waals surface area contributed by atoms with Gasteiger partial charge in [-0.2, -0.15) is 0 Å². The Labute approximate surface area is 160 Å². The lowest BCUT2D eigenvalue weighted by atomic mass is 9.93. The Morgan fingerprint density at radius 1 is 1.30 bits per heavy atom. The molecule has 8 heteroatoms. The summed E-state index contributed by atoms with van der Waals surface area (Å²) in [7, 11) is 1.63. The number of carbonyl (C=O) groups is 2. The van der Waals surface area contributed by atoms with Gasteiger partial charge in [0.25, 0.3) is 5.91 Å². The van der Waals surface area contributed by atoms with Crippen LogP contribution in [0.2, 0.25) is 0 Å². The number of hydrogen-bond donors (Lipinski definition) is 1. The molecule has 0 unspecified atom stereocenters. The summed E-state index contributed by atoms with van der Waals surface area (Å²) in [5.74, 6) is 0.414. The van der Waals surface area contributed by atoms with Gasteiger partial charge in [0, 0.05) is 45.4 Å². The smallest absolute Gasteiger partial charge is 0.292 e. The van der Waals surface area contributed by atoms with Crippen molar-refractivity contribution in [2.75, 3.05) is 46.4 Å². The maximum atomic E-state index is 12.5. The Hall–Kier alpha value is -1.93. The molecule has 1 aromatic heterocycles. The minimum Gasteiger partial charge on any atom is -0.383 e. The van der Waals surface area contributed by atoms with Gasteiger partial charge >= 0.3 is 0 Å². The van der Waals surface area contributed by atoms with Gasteiger partial charge < -0.3 is 19.5 Å². The van der Waals surface area contributed by atoms with Crippen LogP contribution in [0.1, 0.15) is 41.9 Å². The standard InChI is InChI=1S/C19H30N4O4/c1-14-12-17(27-21-14)19(25)22-9-5-16(6-10-22)23-8-3-4-15(13-23)18(24)20-7-11-26-2/h12,15-16H,3-11,13H2,1-2H3,(H,20,24)/t15-/m1/s1. The van der Waals surface area contributed by atoms with Crippen LogP contribution in [0, 0.1) is 12.8 Å². The Balaban J connectivity index is 1.47. The SMILES string of the molecule is COCCNC(=O)[C@@H]1CCCN(C2CCN(C(=O)c3cc(C)no3)CC2)C1. The first-order valence-electron chi connectivity index (χ1n) is 9.81. The van der Waals surface area contributed by atoms with E-state index in [1.807, 2.05) is 11.8 Å². The average molecular weight is 378 g/mol. The van der Waals surface area contributed by atoms with Crippen molar-refractivity contribution in [1.29, 1.82) is 0 Å². The molecule has 1 N–H and O–H groups in total. The van der Waals surface area contributed by atoms with Gasteiger partial charge in [-0.15, -0.1) is 0 Å². The fourth-order valence-corrected chi connectivity index (χ4v) is 4.03. The number of nitrogens with one attached hydrogen (secondary N) is 1. The maximum Gasteiger partial charge on any atom is 0.292 e. The van der Waals surface area contributed by atoms with Crippen molar-refractivity contribution in [3.8, 4) is 0 Å². The van der Waals surface area contributed by atoms with Gasteiger partial charge in [0.2, 0.25) is 11.7 Å². The lowest BCUT2D eigenvalue weighted by molar-refractivity contribution is -0.127. The third-order valence-corrected chi connectivity index (χ3v) is 5.54. The number of carbonyl (C=O) groups excluding carboxylic acids is 2. The molecule has 0 radical (unpaired) electrons. The highest BCUT2D eigenvalue weighted by atomic mass is 16.5. The molecule has 1 aromatic rings. The van der Waals surface area contributed by atoms with Gasteiger partial charge in [0.05, 0.1) is 18.2 Å². The number of piperidine rings is 2. The van der Waals surface area contributed by atoms with E-state index in [0.29, 0.717) is 38.0 Å². The fourth-order valence-electron chi connectivity index (χ4n) is 4.03. The zero-order valence-electron chi connectivity index (χ0n) is 16.3. The van der Waals surface area contributed by atoms with Gasteiger partial charge in [-0.3, -0.25) is 14.5 Å². The molecule has 1 atom stereocenters. The van der Waals surface area contributed by atoms with Crippen molar-refractivity contribution >= 4 is 11.8 Å². The van der Waals surface area contributed by atoms with E-state index in [4.69, 9.17) is 9.26 Å². The third kappa shape index (κ3) is 5.07. The van der Waals surface area contributed by atoms with Crippen molar-refractivity contribution in [3.05, 3.63) is 17.5 Å². The van der Waals surface area contributed by atoms with E-state index in [-0.39, 0.29) is 17.7 Å². The molecule has 150 valence electrons. The van der Waals surface area contributed by atoms with Crippen LogP contribution in [-0.4, -0.2) is 79.3 Å². The number of aryl methyl sites for hydroxylation is 1. The van der Waals surface area contributed by atoms with E-state index in [9.17, 15) is 9.59 Å². The van der Waals surface area contributed by atoms with Crippen LogP contribution < -0.4 is 5.32 Å². The van der Waals surface area contributed by atoms with Gasteiger partial charge in [0.15, 0.2) is 0 Å². The first-order valence-corrected chi connectivity index (χ1v) is 9.81. The van der Waals surface area contributed by atoms with Crippen LogP contribution in [0.5, 0.6) is 0 Å². The molecule has 0 bridgehead atoms. The van der Waals surface area contributed by atoms with Gasteiger partial charge in [-0.25, -0.2) is 0 Å². The molecule has 0 saturated carbocycles.